The number of carbonyl (C=O) groups is 1. The zero-order valence-electron chi connectivity index (χ0n) is 11.2. The smallest absolute Gasteiger partial charge is 0.251 e. The molecule has 0 unspecified atom stereocenters. The van der Waals surface area contributed by atoms with Crippen LogP contribution in [0.4, 0.5) is 5.82 Å². The minimum absolute atomic E-state index is 0.117. The molecule has 1 aromatic heterocycles. The highest BCUT2D eigenvalue weighted by Crippen LogP contribution is 2.16. The van der Waals surface area contributed by atoms with Crippen LogP contribution in [0.2, 0.25) is 0 Å². The van der Waals surface area contributed by atoms with Crippen LogP contribution in [0, 0.1) is 0 Å². The van der Waals surface area contributed by atoms with Crippen molar-refractivity contribution in [2.75, 3.05) is 5.73 Å². The van der Waals surface area contributed by atoms with E-state index in [1.807, 2.05) is 34.6 Å². The molecule has 3 N–H and O–H groups in total. The summed E-state index contributed by atoms with van der Waals surface area (Å²) >= 11 is 0. The highest BCUT2D eigenvalue weighted by atomic mass is 16.1. The van der Waals surface area contributed by atoms with Gasteiger partial charge < -0.3 is 11.1 Å². The Hall–Kier alpha value is -1.58. The standard InChI is InChI=1S/C13H21N3O/c1-8(2)10-6-9(7-11(14)15-10)12(17)16-13(3,4)5/h6-8H,1-5H3,(H2,14,15)(H,16,17). The quantitative estimate of drug-likeness (QED) is 0.826. The number of rotatable bonds is 2. The molecule has 94 valence electrons. The molecule has 0 aliphatic carbocycles. The van der Waals surface area contributed by atoms with Gasteiger partial charge in [-0.1, -0.05) is 13.8 Å². The molecule has 1 heterocycles. The molecule has 1 amide bonds. The van der Waals surface area contributed by atoms with E-state index in [0.717, 1.165) is 5.69 Å². The SMILES string of the molecule is CC(C)c1cc(C(=O)NC(C)(C)C)cc(N)n1. The van der Waals surface area contributed by atoms with Crippen LogP contribution in [0.5, 0.6) is 0 Å². The second kappa shape index (κ2) is 4.73. The molecule has 17 heavy (non-hydrogen) atoms. The van der Waals surface area contributed by atoms with Crippen molar-refractivity contribution in [2.45, 2.75) is 46.1 Å². The van der Waals surface area contributed by atoms with E-state index in [1.54, 1.807) is 12.1 Å². The van der Waals surface area contributed by atoms with Gasteiger partial charge in [-0.25, -0.2) is 4.98 Å². The van der Waals surface area contributed by atoms with Crippen molar-refractivity contribution in [3.63, 3.8) is 0 Å². The van der Waals surface area contributed by atoms with Gasteiger partial charge in [0.25, 0.3) is 5.91 Å². The Kier molecular flexibility index (Phi) is 3.76. The second-order valence-corrected chi connectivity index (χ2v) is 5.56. The fourth-order valence-electron chi connectivity index (χ4n) is 1.41. The Balaban J connectivity index is 3.02. The van der Waals surface area contributed by atoms with Gasteiger partial charge in [0, 0.05) is 16.8 Å². The number of carbonyl (C=O) groups excluding carboxylic acids is 1. The lowest BCUT2D eigenvalue weighted by Gasteiger charge is -2.21. The Bertz CT molecular complexity index is 419. The van der Waals surface area contributed by atoms with E-state index in [4.69, 9.17) is 5.73 Å². The molecule has 4 nitrogen and oxygen atoms in total. The Morgan fingerprint density at radius 3 is 2.41 bits per heavy atom. The van der Waals surface area contributed by atoms with Gasteiger partial charge in [0.2, 0.25) is 0 Å². The number of nitrogens with zero attached hydrogens (tertiary/aromatic N) is 1. The highest BCUT2D eigenvalue weighted by Gasteiger charge is 2.16. The van der Waals surface area contributed by atoms with Crippen molar-refractivity contribution in [3.8, 4) is 0 Å². The van der Waals surface area contributed by atoms with Gasteiger partial charge in [0.1, 0.15) is 5.82 Å². The highest BCUT2D eigenvalue weighted by molar-refractivity contribution is 5.95. The van der Waals surface area contributed by atoms with Crippen LogP contribution in [0.25, 0.3) is 0 Å². The van der Waals surface area contributed by atoms with E-state index in [2.05, 4.69) is 10.3 Å². The first-order valence-electron chi connectivity index (χ1n) is 5.79. The summed E-state index contributed by atoms with van der Waals surface area (Å²) in [5.41, 5.74) is 6.85. The molecule has 0 fully saturated rings. The maximum absolute atomic E-state index is 12.0. The summed E-state index contributed by atoms with van der Waals surface area (Å²) in [6.07, 6.45) is 0. The molecule has 0 saturated heterocycles. The summed E-state index contributed by atoms with van der Waals surface area (Å²) < 4.78 is 0. The van der Waals surface area contributed by atoms with Crippen LogP contribution in [0.15, 0.2) is 12.1 Å². The van der Waals surface area contributed by atoms with Crippen LogP contribution in [0.3, 0.4) is 0 Å². The van der Waals surface area contributed by atoms with E-state index in [0.29, 0.717) is 11.4 Å². The first-order valence-corrected chi connectivity index (χ1v) is 5.79. The first-order chi connectivity index (χ1) is 7.69. The van der Waals surface area contributed by atoms with Gasteiger partial charge in [-0.2, -0.15) is 0 Å². The molecule has 0 aromatic carbocycles. The maximum Gasteiger partial charge on any atom is 0.251 e. The van der Waals surface area contributed by atoms with Gasteiger partial charge in [0.15, 0.2) is 0 Å². The predicted octanol–water partition coefficient (Wildman–Crippen LogP) is 2.32. The molecule has 4 heteroatoms. The van der Waals surface area contributed by atoms with Crippen molar-refractivity contribution in [2.24, 2.45) is 0 Å². The lowest BCUT2D eigenvalue weighted by atomic mass is 10.0. The number of aromatic nitrogens is 1. The fraction of sp³-hybridized carbons (Fsp3) is 0.538. The third-order valence-electron chi connectivity index (χ3n) is 2.21. The van der Waals surface area contributed by atoms with Crippen LogP contribution in [-0.2, 0) is 0 Å². The largest absolute Gasteiger partial charge is 0.384 e. The van der Waals surface area contributed by atoms with Crippen molar-refractivity contribution in [1.29, 1.82) is 0 Å². The maximum atomic E-state index is 12.0. The molecule has 0 radical (unpaired) electrons. The van der Waals surface area contributed by atoms with Gasteiger partial charge in [0.05, 0.1) is 0 Å². The molecule has 0 atom stereocenters. The Morgan fingerprint density at radius 2 is 1.94 bits per heavy atom. The van der Waals surface area contributed by atoms with Gasteiger partial charge >= 0.3 is 0 Å². The van der Waals surface area contributed by atoms with E-state index >= 15 is 0 Å². The minimum atomic E-state index is -0.257. The summed E-state index contributed by atoms with van der Waals surface area (Å²) in [6, 6.07) is 3.40. The lowest BCUT2D eigenvalue weighted by Crippen LogP contribution is -2.40. The Morgan fingerprint density at radius 1 is 1.35 bits per heavy atom. The summed E-state index contributed by atoms with van der Waals surface area (Å²) in [5.74, 6) is 0.517. The zero-order chi connectivity index (χ0) is 13.2. The van der Waals surface area contributed by atoms with Crippen LogP contribution in [-0.4, -0.2) is 16.4 Å². The topological polar surface area (TPSA) is 68.0 Å². The number of anilines is 1. The van der Waals surface area contributed by atoms with Gasteiger partial charge in [-0.3, -0.25) is 4.79 Å². The Labute approximate surface area is 103 Å². The van der Waals surface area contributed by atoms with Crippen molar-refractivity contribution >= 4 is 11.7 Å². The fourth-order valence-corrected chi connectivity index (χ4v) is 1.41. The van der Waals surface area contributed by atoms with Crippen LogP contribution < -0.4 is 11.1 Å². The predicted molar refractivity (Wildman–Crippen MR) is 70.0 cm³/mol. The normalized spacial score (nSPS) is 11.6. The average Bonchev–Trinajstić information content (AvgIpc) is 2.13. The number of nitrogen functional groups attached to an aromatic ring is 1. The molecular formula is C13H21N3O. The van der Waals surface area contributed by atoms with Crippen molar-refractivity contribution < 1.29 is 4.79 Å². The van der Waals surface area contributed by atoms with E-state index in [9.17, 15) is 4.79 Å². The van der Waals surface area contributed by atoms with E-state index < -0.39 is 0 Å². The minimum Gasteiger partial charge on any atom is -0.384 e. The molecule has 1 aromatic rings. The van der Waals surface area contributed by atoms with Gasteiger partial charge in [-0.05, 0) is 38.8 Å². The lowest BCUT2D eigenvalue weighted by molar-refractivity contribution is 0.0919. The number of pyridine rings is 1. The molecule has 0 bridgehead atoms. The zero-order valence-corrected chi connectivity index (χ0v) is 11.2. The number of nitrogens with two attached hydrogens (primary N) is 1. The van der Waals surface area contributed by atoms with E-state index in [1.165, 1.54) is 0 Å². The summed E-state index contributed by atoms with van der Waals surface area (Å²) in [4.78, 5) is 16.2. The number of hydrogen-bond donors (Lipinski definition) is 2. The summed E-state index contributed by atoms with van der Waals surface area (Å²) in [7, 11) is 0. The number of nitrogens with one attached hydrogen (secondary N) is 1. The molecule has 0 aliphatic rings. The first kappa shape index (κ1) is 13.5. The average molecular weight is 235 g/mol. The monoisotopic (exact) mass is 235 g/mol. The molecule has 1 rings (SSSR count). The van der Waals surface area contributed by atoms with Crippen molar-refractivity contribution in [3.05, 3.63) is 23.4 Å². The third-order valence-corrected chi connectivity index (χ3v) is 2.21. The van der Waals surface area contributed by atoms with E-state index in [-0.39, 0.29) is 17.4 Å². The molecular weight excluding hydrogens is 214 g/mol. The molecule has 0 saturated carbocycles. The summed E-state index contributed by atoms with van der Waals surface area (Å²) in [6.45, 7) is 9.87. The second-order valence-electron chi connectivity index (χ2n) is 5.56. The number of hydrogen-bond acceptors (Lipinski definition) is 3. The van der Waals surface area contributed by atoms with Crippen molar-refractivity contribution in [1.82, 2.24) is 10.3 Å². The third kappa shape index (κ3) is 4.06. The summed E-state index contributed by atoms with van der Waals surface area (Å²) in [5, 5.41) is 2.91. The molecule has 0 spiro atoms. The number of amides is 1. The van der Waals surface area contributed by atoms with Crippen LogP contribution >= 0.6 is 0 Å². The van der Waals surface area contributed by atoms with Crippen LogP contribution in [0.1, 0.15) is 56.6 Å². The molecule has 0 aliphatic heterocycles. The van der Waals surface area contributed by atoms with Gasteiger partial charge in [-0.15, -0.1) is 0 Å².